The predicted octanol–water partition coefficient (Wildman–Crippen LogP) is 2.37. The van der Waals surface area contributed by atoms with Gasteiger partial charge in [-0.15, -0.1) is 0 Å². The number of carbonyl (C=O) groups is 3. The van der Waals surface area contributed by atoms with E-state index in [4.69, 9.17) is 24.5 Å². The minimum absolute atomic E-state index is 0.185. The Morgan fingerprint density at radius 3 is 2.28 bits per heavy atom. The highest BCUT2D eigenvalue weighted by Gasteiger charge is 2.25. The van der Waals surface area contributed by atoms with Crippen LogP contribution in [0.5, 0.6) is 5.75 Å². The molecule has 1 amide bonds. The summed E-state index contributed by atoms with van der Waals surface area (Å²) in [6.45, 7) is 8.53. The van der Waals surface area contributed by atoms with Crippen LogP contribution in [0.2, 0.25) is 0 Å². The van der Waals surface area contributed by atoms with Crippen LogP contribution in [0.1, 0.15) is 45.1 Å². The predicted molar refractivity (Wildman–Crippen MR) is 109 cm³/mol. The number of carbonyl (C=O) groups excluding carboxylic acids is 1. The van der Waals surface area contributed by atoms with Gasteiger partial charge in [-0.25, -0.2) is 9.59 Å². The molecule has 8 nitrogen and oxygen atoms in total. The van der Waals surface area contributed by atoms with E-state index in [2.05, 4.69) is 29.3 Å². The number of piperidine rings is 1. The summed E-state index contributed by atoms with van der Waals surface area (Å²) in [5, 5.41) is 17.8. The second-order valence-corrected chi connectivity index (χ2v) is 6.85. The number of para-hydroxylation sites is 1. The summed E-state index contributed by atoms with van der Waals surface area (Å²) < 4.78 is 5.70. The van der Waals surface area contributed by atoms with E-state index < -0.39 is 11.9 Å². The summed E-state index contributed by atoms with van der Waals surface area (Å²) in [7, 11) is 0. The van der Waals surface area contributed by atoms with Gasteiger partial charge in [-0.2, -0.15) is 0 Å². The number of nitrogens with one attached hydrogen (secondary N) is 1. The number of unbranched alkanes of at least 4 members (excludes halogenated alkanes) is 1. The van der Waals surface area contributed by atoms with Crippen molar-refractivity contribution in [3.05, 3.63) is 29.8 Å². The van der Waals surface area contributed by atoms with Gasteiger partial charge in [0.25, 0.3) is 0 Å². The molecule has 3 N–H and O–H groups in total. The molecule has 8 heteroatoms. The van der Waals surface area contributed by atoms with Crippen LogP contribution in [-0.2, 0) is 20.9 Å². The monoisotopic (exact) mass is 408 g/mol. The van der Waals surface area contributed by atoms with E-state index in [9.17, 15) is 4.79 Å². The van der Waals surface area contributed by atoms with Gasteiger partial charge in [0.15, 0.2) is 0 Å². The average Bonchev–Trinajstić information content (AvgIpc) is 2.71. The normalized spacial score (nSPS) is 14.4. The summed E-state index contributed by atoms with van der Waals surface area (Å²) in [4.78, 5) is 32.8. The lowest BCUT2D eigenvalue weighted by Gasteiger charge is -2.31. The fraction of sp³-hybridized carbons (Fsp3) is 0.571. The van der Waals surface area contributed by atoms with Gasteiger partial charge in [0, 0.05) is 24.6 Å². The highest BCUT2D eigenvalue weighted by atomic mass is 16.5. The van der Waals surface area contributed by atoms with Crippen molar-refractivity contribution < 1.29 is 29.3 Å². The summed E-state index contributed by atoms with van der Waals surface area (Å²) in [5.41, 5.74) is 1.24. The number of carboxylic acids is 2. The van der Waals surface area contributed by atoms with Crippen molar-refractivity contribution in [2.24, 2.45) is 5.92 Å². The number of rotatable bonds is 8. The number of benzene rings is 1. The van der Waals surface area contributed by atoms with Crippen molar-refractivity contribution in [2.75, 3.05) is 26.2 Å². The number of hydrogen-bond donors (Lipinski definition) is 3. The molecule has 1 aromatic carbocycles. The third kappa shape index (κ3) is 9.43. The minimum atomic E-state index is -1.82. The summed E-state index contributed by atoms with van der Waals surface area (Å²) in [6.07, 6.45) is 4.10. The maximum Gasteiger partial charge on any atom is 0.414 e. The zero-order valence-electron chi connectivity index (χ0n) is 17.2. The van der Waals surface area contributed by atoms with Crippen molar-refractivity contribution >= 4 is 17.8 Å². The van der Waals surface area contributed by atoms with Crippen LogP contribution in [0.4, 0.5) is 0 Å². The lowest BCUT2D eigenvalue weighted by molar-refractivity contribution is -0.159. The fourth-order valence-corrected chi connectivity index (χ4v) is 3.06. The number of likely N-dealkylation sites (tertiary alicyclic amines) is 1. The first kappa shape index (κ1) is 24.4. The molecule has 0 aliphatic carbocycles. The SMILES string of the molecule is CCCCNC(=O)C1CCN(Cc2ccccc2OCC)CC1.O=C(O)C(=O)O. The lowest BCUT2D eigenvalue weighted by Crippen LogP contribution is -2.40. The molecule has 0 bridgehead atoms. The molecule has 0 spiro atoms. The first-order valence-electron chi connectivity index (χ1n) is 10.1. The van der Waals surface area contributed by atoms with E-state index in [-0.39, 0.29) is 11.8 Å². The third-order valence-corrected chi connectivity index (χ3v) is 4.64. The Balaban J connectivity index is 0.000000612. The molecule has 1 aliphatic heterocycles. The number of amides is 1. The lowest BCUT2D eigenvalue weighted by atomic mass is 9.95. The summed E-state index contributed by atoms with van der Waals surface area (Å²) >= 11 is 0. The maximum atomic E-state index is 12.1. The summed E-state index contributed by atoms with van der Waals surface area (Å²) in [6, 6.07) is 8.24. The van der Waals surface area contributed by atoms with Crippen LogP contribution in [-0.4, -0.2) is 59.2 Å². The molecule has 1 fully saturated rings. The molecule has 0 unspecified atom stereocenters. The van der Waals surface area contributed by atoms with Gasteiger partial charge in [-0.1, -0.05) is 31.5 Å². The van der Waals surface area contributed by atoms with Crippen LogP contribution < -0.4 is 10.1 Å². The van der Waals surface area contributed by atoms with Crippen LogP contribution in [0.3, 0.4) is 0 Å². The number of hydrogen-bond acceptors (Lipinski definition) is 5. The number of carboxylic acid groups (broad SMARTS) is 2. The molecule has 1 heterocycles. The average molecular weight is 408 g/mol. The van der Waals surface area contributed by atoms with Gasteiger partial charge >= 0.3 is 11.9 Å². The van der Waals surface area contributed by atoms with Crippen molar-refractivity contribution in [3.8, 4) is 5.75 Å². The van der Waals surface area contributed by atoms with E-state index in [0.717, 1.165) is 57.6 Å². The Hall–Kier alpha value is -2.61. The van der Waals surface area contributed by atoms with E-state index in [0.29, 0.717) is 6.61 Å². The Labute approximate surface area is 171 Å². The van der Waals surface area contributed by atoms with Crippen LogP contribution in [0, 0.1) is 5.92 Å². The molecule has 1 aliphatic rings. The fourth-order valence-electron chi connectivity index (χ4n) is 3.06. The van der Waals surface area contributed by atoms with Crippen molar-refractivity contribution in [1.82, 2.24) is 10.2 Å². The molecule has 0 aromatic heterocycles. The first-order valence-corrected chi connectivity index (χ1v) is 10.1. The van der Waals surface area contributed by atoms with E-state index in [1.165, 1.54) is 5.56 Å². The van der Waals surface area contributed by atoms with Gasteiger partial charge in [-0.05, 0) is 45.3 Å². The van der Waals surface area contributed by atoms with Crippen LogP contribution >= 0.6 is 0 Å². The van der Waals surface area contributed by atoms with E-state index in [1.54, 1.807) is 0 Å². The zero-order chi connectivity index (χ0) is 21.6. The Kier molecular flexibility index (Phi) is 11.4. The molecule has 162 valence electrons. The molecule has 29 heavy (non-hydrogen) atoms. The second kappa shape index (κ2) is 13.5. The molecule has 1 aromatic rings. The van der Waals surface area contributed by atoms with Gasteiger partial charge in [-0.3, -0.25) is 9.69 Å². The van der Waals surface area contributed by atoms with Crippen LogP contribution in [0.25, 0.3) is 0 Å². The van der Waals surface area contributed by atoms with Crippen molar-refractivity contribution in [2.45, 2.75) is 46.1 Å². The number of nitrogens with zero attached hydrogens (tertiary/aromatic N) is 1. The topological polar surface area (TPSA) is 116 Å². The minimum Gasteiger partial charge on any atom is -0.494 e. The Morgan fingerprint density at radius 2 is 1.72 bits per heavy atom. The Morgan fingerprint density at radius 1 is 1.10 bits per heavy atom. The highest BCUT2D eigenvalue weighted by Crippen LogP contribution is 2.23. The number of ether oxygens (including phenoxy) is 1. The molecular weight excluding hydrogens is 376 g/mol. The number of aliphatic carboxylic acids is 2. The third-order valence-electron chi connectivity index (χ3n) is 4.64. The quantitative estimate of drug-likeness (QED) is 0.447. The standard InChI is InChI=1S/C19H30N2O2.C2H2O4/c1-3-5-12-20-19(22)16-10-13-21(14-11-16)15-17-8-6-7-9-18(17)23-4-2;3-1(4)2(5)6/h6-9,16H,3-5,10-15H2,1-2H3,(H,20,22);(H,3,4)(H,5,6). The van der Waals surface area contributed by atoms with Gasteiger partial charge in [0.05, 0.1) is 6.61 Å². The van der Waals surface area contributed by atoms with Gasteiger partial charge in [0.1, 0.15) is 5.75 Å². The van der Waals surface area contributed by atoms with Gasteiger partial charge < -0.3 is 20.3 Å². The van der Waals surface area contributed by atoms with E-state index >= 15 is 0 Å². The maximum absolute atomic E-state index is 12.1. The van der Waals surface area contributed by atoms with Crippen LogP contribution in [0.15, 0.2) is 24.3 Å². The van der Waals surface area contributed by atoms with Crippen molar-refractivity contribution in [1.29, 1.82) is 0 Å². The first-order chi connectivity index (χ1) is 13.9. The molecule has 0 saturated carbocycles. The highest BCUT2D eigenvalue weighted by molar-refractivity contribution is 6.27. The molecule has 0 atom stereocenters. The van der Waals surface area contributed by atoms with Crippen molar-refractivity contribution in [3.63, 3.8) is 0 Å². The largest absolute Gasteiger partial charge is 0.494 e. The molecular formula is C21H32N2O6. The zero-order valence-corrected chi connectivity index (χ0v) is 17.2. The van der Waals surface area contributed by atoms with E-state index in [1.807, 2.05) is 19.1 Å². The molecule has 1 saturated heterocycles. The molecule has 0 radical (unpaired) electrons. The van der Waals surface area contributed by atoms with Gasteiger partial charge in [0.2, 0.25) is 5.91 Å². The Bertz CT molecular complexity index is 644. The smallest absolute Gasteiger partial charge is 0.414 e. The second-order valence-electron chi connectivity index (χ2n) is 6.85. The summed E-state index contributed by atoms with van der Waals surface area (Å²) in [5.74, 6) is -2.24. The molecule has 2 rings (SSSR count).